The molecule has 2 aliphatic rings. The van der Waals surface area contributed by atoms with Gasteiger partial charge in [0.2, 0.25) is 0 Å². The molecule has 1 N–H and O–H groups in total. The van der Waals surface area contributed by atoms with Crippen LogP contribution in [-0.2, 0) is 19.0 Å². The van der Waals surface area contributed by atoms with Crippen molar-refractivity contribution in [2.45, 2.75) is 44.6 Å². The van der Waals surface area contributed by atoms with E-state index in [9.17, 15) is 9.90 Å². The normalized spacial score (nSPS) is 32.3. The molecule has 2 saturated heterocycles. The van der Waals surface area contributed by atoms with E-state index in [1.807, 2.05) is 36.4 Å². The summed E-state index contributed by atoms with van der Waals surface area (Å²) in [4.78, 5) is 11.2. The Morgan fingerprint density at radius 1 is 1.30 bits per heavy atom. The fourth-order valence-corrected chi connectivity index (χ4v) is 3.26. The van der Waals surface area contributed by atoms with Crippen molar-refractivity contribution in [2.75, 3.05) is 0 Å². The van der Waals surface area contributed by atoms with Gasteiger partial charge in [-0.1, -0.05) is 40.2 Å². The second kappa shape index (κ2) is 6.36. The lowest BCUT2D eigenvalue weighted by Crippen LogP contribution is -2.31. The summed E-state index contributed by atoms with van der Waals surface area (Å²) in [7, 11) is 0. The minimum Gasteiger partial charge on any atom is -0.481 e. The third-order valence-corrected chi connectivity index (χ3v) is 4.51. The summed E-state index contributed by atoms with van der Waals surface area (Å²) in [6.45, 7) is 3.61. The molecule has 3 rings (SSSR count). The molecular weight excluding hydrogens is 364 g/mol. The lowest BCUT2D eigenvalue weighted by Gasteiger charge is -2.23. The first-order valence-corrected chi connectivity index (χ1v) is 8.30. The number of fused-ring (bicyclic) bond motifs is 1. The molecular formula is C17H19BrO5. The fourth-order valence-electron chi connectivity index (χ4n) is 3.00. The van der Waals surface area contributed by atoms with Crippen LogP contribution in [-0.4, -0.2) is 35.4 Å². The second-order valence-corrected chi connectivity index (χ2v) is 7.16. The van der Waals surface area contributed by atoms with E-state index in [2.05, 4.69) is 15.9 Å². The van der Waals surface area contributed by atoms with Gasteiger partial charge in [-0.3, -0.25) is 4.79 Å². The Kier molecular flexibility index (Phi) is 4.60. The molecule has 124 valence electrons. The number of rotatable bonds is 4. The van der Waals surface area contributed by atoms with Gasteiger partial charge >= 0.3 is 5.97 Å². The standard InChI is InChI=1S/C17H19BrO5/c1-17(2)22-15-12(9-14(19)20)13(21-16(15)23-17)8-5-10-3-6-11(18)7-4-10/h3-8,12-13,15-16H,9H2,1-2H3,(H,19,20)/t12-,13+,15-,16-/m1/s1. The van der Waals surface area contributed by atoms with Crippen LogP contribution in [0.15, 0.2) is 34.8 Å². The monoisotopic (exact) mass is 382 g/mol. The predicted octanol–water partition coefficient (Wildman–Crippen LogP) is 3.43. The molecule has 0 unspecified atom stereocenters. The first-order chi connectivity index (χ1) is 10.8. The highest BCUT2D eigenvalue weighted by atomic mass is 79.9. The van der Waals surface area contributed by atoms with E-state index >= 15 is 0 Å². The van der Waals surface area contributed by atoms with Crippen LogP contribution in [0.1, 0.15) is 25.8 Å². The van der Waals surface area contributed by atoms with Gasteiger partial charge in [0.15, 0.2) is 12.1 Å². The van der Waals surface area contributed by atoms with Crippen molar-refractivity contribution in [3.63, 3.8) is 0 Å². The highest BCUT2D eigenvalue weighted by Crippen LogP contribution is 2.42. The second-order valence-electron chi connectivity index (χ2n) is 6.24. The van der Waals surface area contributed by atoms with Crippen LogP contribution in [0.2, 0.25) is 0 Å². The van der Waals surface area contributed by atoms with Gasteiger partial charge in [0.25, 0.3) is 0 Å². The zero-order valence-electron chi connectivity index (χ0n) is 12.9. The minimum absolute atomic E-state index is 0.0179. The maximum atomic E-state index is 11.2. The molecule has 0 saturated carbocycles. The zero-order chi connectivity index (χ0) is 16.6. The quantitative estimate of drug-likeness (QED) is 0.863. The van der Waals surface area contributed by atoms with E-state index in [4.69, 9.17) is 14.2 Å². The fraction of sp³-hybridized carbons (Fsp3) is 0.471. The molecule has 4 atom stereocenters. The zero-order valence-corrected chi connectivity index (χ0v) is 14.5. The van der Waals surface area contributed by atoms with E-state index in [0.29, 0.717) is 0 Å². The Labute approximate surface area is 143 Å². The Morgan fingerprint density at radius 2 is 2.00 bits per heavy atom. The summed E-state index contributed by atoms with van der Waals surface area (Å²) in [6, 6.07) is 7.85. The number of aliphatic carboxylic acids is 1. The summed E-state index contributed by atoms with van der Waals surface area (Å²) in [5.41, 5.74) is 1.02. The Bertz CT molecular complexity index is 610. The number of carboxylic acids is 1. The van der Waals surface area contributed by atoms with Crippen LogP contribution in [0.4, 0.5) is 0 Å². The lowest BCUT2D eigenvalue weighted by atomic mass is 9.94. The maximum Gasteiger partial charge on any atom is 0.303 e. The average Bonchev–Trinajstić information content (AvgIpc) is 2.91. The topological polar surface area (TPSA) is 65.0 Å². The molecule has 1 aromatic rings. The van der Waals surface area contributed by atoms with Gasteiger partial charge in [0.05, 0.1) is 12.5 Å². The van der Waals surface area contributed by atoms with Crippen molar-refractivity contribution in [3.05, 3.63) is 40.4 Å². The van der Waals surface area contributed by atoms with Gasteiger partial charge in [0, 0.05) is 10.4 Å². The smallest absolute Gasteiger partial charge is 0.303 e. The van der Waals surface area contributed by atoms with Crippen molar-refractivity contribution >= 4 is 28.0 Å². The molecule has 2 fully saturated rings. The van der Waals surface area contributed by atoms with Gasteiger partial charge in [-0.25, -0.2) is 0 Å². The molecule has 0 radical (unpaired) electrons. The number of carbonyl (C=O) groups is 1. The summed E-state index contributed by atoms with van der Waals surface area (Å²) >= 11 is 3.40. The molecule has 0 spiro atoms. The lowest BCUT2D eigenvalue weighted by molar-refractivity contribution is -0.205. The Balaban J connectivity index is 1.76. The number of hydrogen-bond donors (Lipinski definition) is 1. The van der Waals surface area contributed by atoms with Crippen LogP contribution in [0.3, 0.4) is 0 Å². The highest BCUT2D eigenvalue weighted by Gasteiger charge is 2.54. The van der Waals surface area contributed by atoms with E-state index in [-0.39, 0.29) is 24.5 Å². The highest BCUT2D eigenvalue weighted by molar-refractivity contribution is 9.10. The molecule has 5 nitrogen and oxygen atoms in total. The van der Waals surface area contributed by atoms with Crippen LogP contribution in [0.5, 0.6) is 0 Å². The van der Waals surface area contributed by atoms with Gasteiger partial charge < -0.3 is 19.3 Å². The predicted molar refractivity (Wildman–Crippen MR) is 87.6 cm³/mol. The molecule has 23 heavy (non-hydrogen) atoms. The first-order valence-electron chi connectivity index (χ1n) is 7.51. The molecule has 0 amide bonds. The number of benzene rings is 1. The number of halogens is 1. The van der Waals surface area contributed by atoms with Gasteiger partial charge in [-0.2, -0.15) is 0 Å². The van der Waals surface area contributed by atoms with Crippen molar-refractivity contribution in [2.24, 2.45) is 5.92 Å². The van der Waals surface area contributed by atoms with Crippen molar-refractivity contribution in [1.29, 1.82) is 0 Å². The summed E-state index contributed by atoms with van der Waals surface area (Å²) < 4.78 is 18.4. The Morgan fingerprint density at radius 3 is 2.65 bits per heavy atom. The molecule has 2 aliphatic heterocycles. The molecule has 0 bridgehead atoms. The maximum absolute atomic E-state index is 11.2. The van der Waals surface area contributed by atoms with Gasteiger partial charge in [0.1, 0.15) is 6.10 Å². The van der Waals surface area contributed by atoms with Crippen molar-refractivity contribution in [3.8, 4) is 0 Å². The third-order valence-electron chi connectivity index (χ3n) is 3.98. The summed E-state index contributed by atoms with van der Waals surface area (Å²) in [5, 5.41) is 9.18. The molecule has 2 heterocycles. The van der Waals surface area contributed by atoms with Gasteiger partial charge in [-0.05, 0) is 31.5 Å². The number of ether oxygens (including phenoxy) is 3. The van der Waals surface area contributed by atoms with Crippen LogP contribution < -0.4 is 0 Å². The van der Waals surface area contributed by atoms with Crippen LogP contribution in [0.25, 0.3) is 6.08 Å². The molecule has 0 aromatic heterocycles. The van der Waals surface area contributed by atoms with E-state index < -0.39 is 18.0 Å². The van der Waals surface area contributed by atoms with E-state index in [1.54, 1.807) is 13.8 Å². The molecule has 0 aliphatic carbocycles. The van der Waals surface area contributed by atoms with E-state index in [0.717, 1.165) is 10.0 Å². The van der Waals surface area contributed by atoms with Crippen LogP contribution >= 0.6 is 15.9 Å². The molecule has 6 heteroatoms. The van der Waals surface area contributed by atoms with Crippen molar-refractivity contribution < 1.29 is 24.1 Å². The third kappa shape index (κ3) is 3.83. The molecule has 1 aromatic carbocycles. The summed E-state index contributed by atoms with van der Waals surface area (Å²) in [5.74, 6) is -1.88. The van der Waals surface area contributed by atoms with Crippen molar-refractivity contribution in [1.82, 2.24) is 0 Å². The van der Waals surface area contributed by atoms with Gasteiger partial charge in [-0.15, -0.1) is 0 Å². The largest absolute Gasteiger partial charge is 0.481 e. The number of carboxylic acid groups (broad SMARTS) is 1. The average molecular weight is 383 g/mol. The van der Waals surface area contributed by atoms with E-state index in [1.165, 1.54) is 0 Å². The first kappa shape index (κ1) is 16.6. The number of hydrogen-bond acceptors (Lipinski definition) is 4. The summed E-state index contributed by atoms with van der Waals surface area (Å²) in [6.07, 6.45) is 2.57. The van der Waals surface area contributed by atoms with Crippen LogP contribution in [0, 0.1) is 5.92 Å². The SMILES string of the molecule is CC1(C)O[C@H]2O[C@@H](C=Cc3ccc(Br)cc3)[C@@H](CC(=O)O)[C@H]2O1. The minimum atomic E-state index is -0.866. The Hall–Kier alpha value is -1.21.